The number of aromatic nitrogens is 1. The Kier molecular flexibility index (Phi) is 6.77. The molecule has 7 heteroatoms. The number of ether oxygens (including phenoxy) is 1. The standard InChI is InChI=1S/C28H27ClN2O4/c1-2-15-31-16-22(17-31)34-21-13-9-18(10-14-21)27(33)25-26(23-5-3-4-6-24(23)29)30-35-28(25)19-7-11-20(32)12-8-19/h3-14,22,27,32-33H,2,15-17H2,1H3. The Hall–Kier alpha value is -3.32. The van der Waals surface area contributed by atoms with E-state index in [2.05, 4.69) is 17.0 Å². The number of benzene rings is 3. The van der Waals surface area contributed by atoms with E-state index in [1.807, 2.05) is 42.5 Å². The van der Waals surface area contributed by atoms with Gasteiger partial charge in [0.15, 0.2) is 5.76 Å². The average Bonchev–Trinajstić information content (AvgIpc) is 3.28. The Morgan fingerprint density at radius 1 is 1.06 bits per heavy atom. The largest absolute Gasteiger partial charge is 0.508 e. The first-order chi connectivity index (χ1) is 17.0. The summed E-state index contributed by atoms with van der Waals surface area (Å²) in [6.07, 6.45) is 0.322. The van der Waals surface area contributed by atoms with Gasteiger partial charge < -0.3 is 19.5 Å². The number of hydrogen-bond donors (Lipinski definition) is 2. The third kappa shape index (κ3) is 4.91. The summed E-state index contributed by atoms with van der Waals surface area (Å²) in [4.78, 5) is 2.37. The van der Waals surface area contributed by atoms with Crippen molar-refractivity contribution in [1.29, 1.82) is 0 Å². The van der Waals surface area contributed by atoms with Gasteiger partial charge in [0.05, 0.1) is 10.6 Å². The highest BCUT2D eigenvalue weighted by Gasteiger charge is 2.29. The van der Waals surface area contributed by atoms with Crippen LogP contribution in [0.4, 0.5) is 0 Å². The summed E-state index contributed by atoms with van der Waals surface area (Å²) >= 11 is 6.46. The van der Waals surface area contributed by atoms with Crippen LogP contribution in [-0.4, -0.2) is 46.0 Å². The van der Waals surface area contributed by atoms with Gasteiger partial charge in [-0.1, -0.05) is 54.0 Å². The van der Waals surface area contributed by atoms with Crippen LogP contribution in [0.5, 0.6) is 11.5 Å². The van der Waals surface area contributed by atoms with Gasteiger partial charge in [0.1, 0.15) is 29.4 Å². The van der Waals surface area contributed by atoms with Crippen LogP contribution in [0, 0.1) is 0 Å². The first-order valence-corrected chi connectivity index (χ1v) is 12.1. The predicted octanol–water partition coefficient (Wildman–Crippen LogP) is 5.92. The van der Waals surface area contributed by atoms with Gasteiger partial charge in [-0.2, -0.15) is 0 Å². The first kappa shape index (κ1) is 23.4. The lowest BCUT2D eigenvalue weighted by atomic mass is 9.94. The van der Waals surface area contributed by atoms with E-state index in [1.54, 1.807) is 30.3 Å². The van der Waals surface area contributed by atoms with Crippen molar-refractivity contribution in [2.24, 2.45) is 0 Å². The Labute approximate surface area is 209 Å². The van der Waals surface area contributed by atoms with E-state index < -0.39 is 6.10 Å². The predicted molar refractivity (Wildman–Crippen MR) is 136 cm³/mol. The lowest BCUT2D eigenvalue weighted by molar-refractivity contribution is 0.0202. The van der Waals surface area contributed by atoms with Crippen molar-refractivity contribution in [2.45, 2.75) is 25.6 Å². The smallest absolute Gasteiger partial charge is 0.173 e. The zero-order valence-electron chi connectivity index (χ0n) is 19.4. The lowest BCUT2D eigenvalue weighted by Gasteiger charge is -2.38. The van der Waals surface area contributed by atoms with Gasteiger partial charge in [-0.15, -0.1) is 0 Å². The van der Waals surface area contributed by atoms with Crippen LogP contribution in [0.3, 0.4) is 0 Å². The number of likely N-dealkylation sites (tertiary alicyclic amines) is 1. The molecule has 0 bridgehead atoms. The molecule has 4 aromatic rings. The minimum absolute atomic E-state index is 0.140. The van der Waals surface area contributed by atoms with Crippen LogP contribution in [-0.2, 0) is 0 Å². The Bertz CT molecular complexity index is 1280. The van der Waals surface area contributed by atoms with Crippen molar-refractivity contribution < 1.29 is 19.5 Å². The van der Waals surface area contributed by atoms with Crippen molar-refractivity contribution >= 4 is 11.6 Å². The van der Waals surface area contributed by atoms with Gasteiger partial charge >= 0.3 is 0 Å². The molecule has 180 valence electrons. The van der Waals surface area contributed by atoms with Gasteiger partial charge in [-0.05, 0) is 61.0 Å². The number of phenolic OH excluding ortho intramolecular Hbond substituents is 1. The molecule has 35 heavy (non-hydrogen) atoms. The molecule has 5 rings (SSSR count). The minimum Gasteiger partial charge on any atom is -0.508 e. The molecule has 1 atom stereocenters. The highest BCUT2D eigenvalue weighted by molar-refractivity contribution is 6.33. The fourth-order valence-electron chi connectivity index (χ4n) is 4.40. The van der Waals surface area contributed by atoms with Crippen LogP contribution >= 0.6 is 11.6 Å². The maximum Gasteiger partial charge on any atom is 0.173 e. The quantitative estimate of drug-likeness (QED) is 0.319. The summed E-state index contributed by atoms with van der Waals surface area (Å²) in [5.41, 5.74) is 3.00. The van der Waals surface area contributed by atoms with Crippen molar-refractivity contribution in [3.63, 3.8) is 0 Å². The third-order valence-electron chi connectivity index (χ3n) is 6.22. The summed E-state index contributed by atoms with van der Waals surface area (Å²) in [6.45, 7) is 5.16. The molecule has 3 aromatic carbocycles. The number of hydrogen-bond acceptors (Lipinski definition) is 6. The Morgan fingerprint density at radius 3 is 2.46 bits per heavy atom. The molecule has 0 spiro atoms. The molecule has 6 nitrogen and oxygen atoms in total. The fourth-order valence-corrected chi connectivity index (χ4v) is 4.63. The Balaban J connectivity index is 1.45. The van der Waals surface area contributed by atoms with Gasteiger partial charge in [-0.3, -0.25) is 4.90 Å². The van der Waals surface area contributed by atoms with Crippen molar-refractivity contribution in [2.75, 3.05) is 19.6 Å². The van der Waals surface area contributed by atoms with Crippen molar-refractivity contribution in [1.82, 2.24) is 10.1 Å². The second kappa shape index (κ2) is 10.1. The average molecular weight is 491 g/mol. The highest BCUT2D eigenvalue weighted by Crippen LogP contribution is 2.41. The molecule has 1 fully saturated rings. The van der Waals surface area contributed by atoms with Crippen LogP contribution in [0.2, 0.25) is 5.02 Å². The second-order valence-corrected chi connectivity index (χ2v) is 9.18. The number of aliphatic hydroxyl groups is 1. The highest BCUT2D eigenvalue weighted by atomic mass is 35.5. The summed E-state index contributed by atoms with van der Waals surface area (Å²) in [5, 5.41) is 26.0. The maximum atomic E-state index is 11.5. The van der Waals surface area contributed by atoms with E-state index in [4.69, 9.17) is 20.9 Å². The van der Waals surface area contributed by atoms with Gasteiger partial charge in [0.2, 0.25) is 0 Å². The molecule has 1 unspecified atom stereocenters. The monoisotopic (exact) mass is 490 g/mol. The van der Waals surface area contributed by atoms with E-state index in [-0.39, 0.29) is 11.9 Å². The molecule has 2 N–H and O–H groups in total. The molecular formula is C28H27ClN2O4. The van der Waals surface area contributed by atoms with E-state index in [0.29, 0.717) is 38.7 Å². The molecule has 1 aliphatic rings. The number of halogens is 1. The molecule has 1 aromatic heterocycles. The van der Waals surface area contributed by atoms with Crippen LogP contribution in [0.1, 0.15) is 30.6 Å². The van der Waals surface area contributed by atoms with Crippen molar-refractivity contribution in [3.8, 4) is 34.1 Å². The SMILES string of the molecule is CCCN1CC(Oc2ccc(C(O)c3c(-c4ccccc4Cl)noc3-c3ccc(O)cc3)cc2)C1. The topological polar surface area (TPSA) is 79.0 Å². The normalized spacial score (nSPS) is 15.1. The summed E-state index contributed by atoms with van der Waals surface area (Å²) in [5.74, 6) is 1.33. The van der Waals surface area contributed by atoms with Gasteiger partial charge in [-0.25, -0.2) is 0 Å². The minimum atomic E-state index is -1.02. The maximum absolute atomic E-state index is 11.5. The summed E-state index contributed by atoms with van der Waals surface area (Å²) in [6, 6.07) is 21.4. The number of nitrogens with zero attached hydrogens (tertiary/aromatic N) is 2. The van der Waals surface area contributed by atoms with E-state index >= 15 is 0 Å². The summed E-state index contributed by atoms with van der Waals surface area (Å²) < 4.78 is 11.8. The fraction of sp³-hybridized carbons (Fsp3) is 0.250. The molecule has 2 heterocycles. The molecule has 0 radical (unpaired) electrons. The summed E-state index contributed by atoms with van der Waals surface area (Å²) in [7, 11) is 0. The second-order valence-electron chi connectivity index (χ2n) is 8.77. The molecule has 0 aliphatic carbocycles. The van der Waals surface area contributed by atoms with E-state index in [0.717, 1.165) is 31.8 Å². The number of phenols is 1. The van der Waals surface area contributed by atoms with Crippen LogP contribution < -0.4 is 4.74 Å². The van der Waals surface area contributed by atoms with Gasteiger partial charge in [0.25, 0.3) is 0 Å². The number of aliphatic hydroxyl groups excluding tert-OH is 1. The zero-order chi connectivity index (χ0) is 24.4. The van der Waals surface area contributed by atoms with E-state index in [1.165, 1.54) is 0 Å². The third-order valence-corrected chi connectivity index (χ3v) is 6.55. The van der Waals surface area contributed by atoms with Crippen molar-refractivity contribution in [3.05, 3.63) is 88.9 Å². The molecule has 1 aliphatic heterocycles. The van der Waals surface area contributed by atoms with Crippen LogP contribution in [0.15, 0.2) is 77.3 Å². The lowest BCUT2D eigenvalue weighted by Crippen LogP contribution is -2.53. The molecule has 0 amide bonds. The number of rotatable bonds is 8. The van der Waals surface area contributed by atoms with E-state index in [9.17, 15) is 10.2 Å². The molecule has 0 saturated carbocycles. The zero-order valence-corrected chi connectivity index (χ0v) is 20.2. The Morgan fingerprint density at radius 2 is 1.77 bits per heavy atom. The van der Waals surface area contributed by atoms with Crippen LogP contribution in [0.25, 0.3) is 22.6 Å². The van der Waals surface area contributed by atoms with Gasteiger partial charge in [0, 0.05) is 24.2 Å². The molecular weight excluding hydrogens is 464 g/mol. The first-order valence-electron chi connectivity index (χ1n) is 11.7. The number of aromatic hydroxyl groups is 1. The molecule has 1 saturated heterocycles.